The Balaban J connectivity index is 1.93. The number of carbonyl (C=O) groups excluding carboxylic acids is 1. The molecule has 1 fully saturated rings. The molecule has 0 radical (unpaired) electrons. The third-order valence-electron chi connectivity index (χ3n) is 4.59. The van der Waals surface area contributed by atoms with E-state index in [9.17, 15) is 18.0 Å². The summed E-state index contributed by atoms with van der Waals surface area (Å²) >= 11 is 1.49. The van der Waals surface area contributed by atoms with E-state index in [1.807, 2.05) is 42.9 Å². The van der Waals surface area contributed by atoms with Gasteiger partial charge in [0.15, 0.2) is 0 Å². The number of aromatic nitrogens is 1. The number of thiophene rings is 1. The number of alkyl halides is 3. The van der Waals surface area contributed by atoms with Crippen LogP contribution in [0, 0.1) is 19.8 Å². The van der Waals surface area contributed by atoms with Crippen molar-refractivity contribution in [1.29, 1.82) is 0 Å². The SMILES string of the molecule is Cc1sc(-n2cccc2)c(C(=O)N2CCCC(C(F)(F)F)C2)c1C. The van der Waals surface area contributed by atoms with Crippen molar-refractivity contribution in [3.63, 3.8) is 0 Å². The number of amides is 1. The lowest BCUT2D eigenvalue weighted by molar-refractivity contribution is -0.184. The van der Waals surface area contributed by atoms with Gasteiger partial charge in [0.05, 0.1) is 11.5 Å². The number of halogens is 3. The summed E-state index contributed by atoms with van der Waals surface area (Å²) in [5.41, 5.74) is 1.37. The summed E-state index contributed by atoms with van der Waals surface area (Å²) in [5, 5.41) is 0.772. The van der Waals surface area contributed by atoms with Gasteiger partial charge in [0, 0.05) is 30.4 Å². The summed E-state index contributed by atoms with van der Waals surface area (Å²) in [6.07, 6.45) is -0.0788. The fraction of sp³-hybridized carbons (Fsp3) is 0.471. The maximum absolute atomic E-state index is 13.0. The summed E-state index contributed by atoms with van der Waals surface area (Å²) in [6, 6.07) is 3.72. The van der Waals surface area contributed by atoms with Crippen LogP contribution in [0.4, 0.5) is 13.2 Å². The Morgan fingerprint density at radius 1 is 1.25 bits per heavy atom. The van der Waals surface area contributed by atoms with Crippen LogP contribution in [0.5, 0.6) is 0 Å². The Bertz CT molecular complexity index is 734. The first-order valence-electron chi connectivity index (χ1n) is 7.88. The Labute approximate surface area is 142 Å². The minimum absolute atomic E-state index is 0.0966. The highest BCUT2D eigenvalue weighted by Crippen LogP contribution is 2.36. The number of carbonyl (C=O) groups is 1. The first kappa shape index (κ1) is 17.1. The van der Waals surface area contributed by atoms with Crippen LogP contribution >= 0.6 is 11.3 Å². The first-order chi connectivity index (χ1) is 11.3. The summed E-state index contributed by atoms with van der Waals surface area (Å²) in [5.74, 6) is -1.72. The molecule has 0 N–H and O–H groups in total. The van der Waals surface area contributed by atoms with E-state index in [-0.39, 0.29) is 18.9 Å². The number of likely N-dealkylation sites (tertiary alicyclic amines) is 1. The highest BCUT2D eigenvalue weighted by Gasteiger charge is 2.43. The average Bonchev–Trinajstić information content (AvgIpc) is 3.15. The zero-order chi connectivity index (χ0) is 17.5. The summed E-state index contributed by atoms with van der Waals surface area (Å²) in [7, 11) is 0. The Morgan fingerprint density at radius 3 is 2.54 bits per heavy atom. The van der Waals surface area contributed by atoms with Crippen molar-refractivity contribution in [2.75, 3.05) is 13.1 Å². The van der Waals surface area contributed by atoms with E-state index in [0.29, 0.717) is 18.5 Å². The first-order valence-corrected chi connectivity index (χ1v) is 8.70. The largest absolute Gasteiger partial charge is 0.393 e. The van der Waals surface area contributed by atoms with Crippen LogP contribution in [0.1, 0.15) is 33.6 Å². The monoisotopic (exact) mass is 356 g/mol. The topological polar surface area (TPSA) is 25.2 Å². The molecule has 0 bridgehead atoms. The second-order valence-corrected chi connectivity index (χ2v) is 7.39. The summed E-state index contributed by atoms with van der Waals surface area (Å²) in [6.45, 7) is 3.92. The van der Waals surface area contributed by atoms with E-state index in [0.717, 1.165) is 15.4 Å². The van der Waals surface area contributed by atoms with Crippen LogP contribution in [0.2, 0.25) is 0 Å². The molecular formula is C17H19F3N2OS. The van der Waals surface area contributed by atoms with Crippen molar-refractivity contribution < 1.29 is 18.0 Å². The van der Waals surface area contributed by atoms with E-state index in [1.54, 1.807) is 0 Å². The molecule has 0 saturated carbocycles. The third kappa shape index (κ3) is 3.09. The number of piperidine rings is 1. The lowest BCUT2D eigenvalue weighted by Crippen LogP contribution is -2.44. The number of hydrogen-bond acceptors (Lipinski definition) is 2. The number of aryl methyl sites for hydroxylation is 1. The molecule has 1 atom stereocenters. The van der Waals surface area contributed by atoms with Gasteiger partial charge in [-0.3, -0.25) is 4.79 Å². The molecule has 1 unspecified atom stereocenters. The molecule has 3 heterocycles. The van der Waals surface area contributed by atoms with E-state index in [4.69, 9.17) is 0 Å². The highest BCUT2D eigenvalue weighted by atomic mass is 32.1. The second kappa shape index (κ2) is 6.27. The van der Waals surface area contributed by atoms with E-state index >= 15 is 0 Å². The number of rotatable bonds is 2. The molecular weight excluding hydrogens is 337 g/mol. The molecule has 3 rings (SSSR count). The van der Waals surface area contributed by atoms with Crippen LogP contribution < -0.4 is 0 Å². The van der Waals surface area contributed by atoms with Crippen LogP contribution in [-0.4, -0.2) is 34.6 Å². The zero-order valence-corrected chi connectivity index (χ0v) is 14.4. The van der Waals surface area contributed by atoms with Crippen LogP contribution in [0.3, 0.4) is 0 Å². The van der Waals surface area contributed by atoms with Crippen molar-refractivity contribution in [2.24, 2.45) is 5.92 Å². The molecule has 0 aromatic carbocycles. The fourth-order valence-electron chi connectivity index (χ4n) is 3.10. The fourth-order valence-corrected chi connectivity index (χ4v) is 4.21. The minimum Gasteiger partial charge on any atom is -0.338 e. The number of hydrogen-bond donors (Lipinski definition) is 0. The molecule has 7 heteroatoms. The van der Waals surface area contributed by atoms with Gasteiger partial charge in [-0.05, 0) is 44.4 Å². The van der Waals surface area contributed by atoms with E-state index < -0.39 is 12.1 Å². The predicted molar refractivity (Wildman–Crippen MR) is 87.8 cm³/mol. The van der Waals surface area contributed by atoms with Gasteiger partial charge in [-0.1, -0.05) is 0 Å². The molecule has 24 heavy (non-hydrogen) atoms. The van der Waals surface area contributed by atoms with Gasteiger partial charge >= 0.3 is 6.18 Å². The molecule has 1 aliphatic rings. The summed E-state index contributed by atoms with van der Waals surface area (Å²) < 4.78 is 40.9. The van der Waals surface area contributed by atoms with Gasteiger partial charge < -0.3 is 9.47 Å². The zero-order valence-electron chi connectivity index (χ0n) is 13.6. The highest BCUT2D eigenvalue weighted by molar-refractivity contribution is 7.15. The van der Waals surface area contributed by atoms with E-state index in [1.165, 1.54) is 16.2 Å². The molecule has 1 amide bonds. The minimum atomic E-state index is -4.25. The van der Waals surface area contributed by atoms with Gasteiger partial charge in [-0.15, -0.1) is 11.3 Å². The van der Waals surface area contributed by atoms with Crippen LogP contribution in [0.25, 0.3) is 5.00 Å². The molecule has 0 spiro atoms. The van der Waals surface area contributed by atoms with Crippen molar-refractivity contribution in [2.45, 2.75) is 32.9 Å². The molecule has 1 aliphatic heterocycles. The molecule has 2 aromatic heterocycles. The second-order valence-electron chi connectivity index (χ2n) is 6.19. The number of nitrogens with zero attached hydrogens (tertiary/aromatic N) is 2. The van der Waals surface area contributed by atoms with Gasteiger partial charge in [0.2, 0.25) is 0 Å². The average molecular weight is 356 g/mol. The molecule has 0 aliphatic carbocycles. The normalized spacial score (nSPS) is 18.9. The predicted octanol–water partition coefficient (Wildman–Crippen LogP) is 4.57. The van der Waals surface area contributed by atoms with Gasteiger partial charge in [0.25, 0.3) is 5.91 Å². The van der Waals surface area contributed by atoms with Crippen LogP contribution in [-0.2, 0) is 0 Å². The Morgan fingerprint density at radius 2 is 1.92 bits per heavy atom. The lowest BCUT2D eigenvalue weighted by Gasteiger charge is -2.34. The molecule has 130 valence electrons. The van der Waals surface area contributed by atoms with Gasteiger partial charge in [-0.25, -0.2) is 0 Å². The standard InChI is InChI=1S/C17H19F3N2OS/c1-11-12(2)24-16(21-7-3-4-8-21)14(11)15(23)22-9-5-6-13(10-22)17(18,19)20/h3-4,7-8,13H,5-6,9-10H2,1-2H3. The van der Waals surface area contributed by atoms with Crippen molar-refractivity contribution in [1.82, 2.24) is 9.47 Å². The van der Waals surface area contributed by atoms with Crippen molar-refractivity contribution in [3.05, 3.63) is 40.5 Å². The Kier molecular flexibility index (Phi) is 4.46. The molecule has 3 nitrogen and oxygen atoms in total. The van der Waals surface area contributed by atoms with Crippen molar-refractivity contribution >= 4 is 17.2 Å². The summed E-state index contributed by atoms with van der Waals surface area (Å²) in [4.78, 5) is 15.3. The third-order valence-corrected chi connectivity index (χ3v) is 5.81. The van der Waals surface area contributed by atoms with Crippen molar-refractivity contribution in [3.8, 4) is 5.00 Å². The van der Waals surface area contributed by atoms with Crippen LogP contribution in [0.15, 0.2) is 24.5 Å². The molecule has 1 saturated heterocycles. The lowest BCUT2D eigenvalue weighted by atomic mass is 9.96. The van der Waals surface area contributed by atoms with Gasteiger partial charge in [0.1, 0.15) is 5.00 Å². The van der Waals surface area contributed by atoms with Gasteiger partial charge in [-0.2, -0.15) is 13.2 Å². The maximum atomic E-state index is 13.0. The smallest absolute Gasteiger partial charge is 0.338 e. The quantitative estimate of drug-likeness (QED) is 0.774. The molecule has 2 aromatic rings. The van der Waals surface area contributed by atoms with E-state index in [2.05, 4.69) is 0 Å². The maximum Gasteiger partial charge on any atom is 0.393 e. The Hall–Kier alpha value is -1.76.